The van der Waals surface area contributed by atoms with Crippen LogP contribution in [0.15, 0.2) is 24.0 Å². The summed E-state index contributed by atoms with van der Waals surface area (Å²) in [6, 6.07) is -0.258. The van der Waals surface area contributed by atoms with Gasteiger partial charge in [-0.1, -0.05) is 19.9 Å². The number of rotatable bonds is 8. The molecule has 1 heterocycles. The van der Waals surface area contributed by atoms with Gasteiger partial charge >= 0.3 is 0 Å². The Kier molecular flexibility index (Phi) is 7.22. The molecule has 0 saturated carbocycles. The summed E-state index contributed by atoms with van der Waals surface area (Å²) in [6.07, 6.45) is 5.03. The van der Waals surface area contributed by atoms with Crippen molar-refractivity contribution in [2.24, 2.45) is 5.92 Å². The van der Waals surface area contributed by atoms with Crippen LogP contribution in [0.3, 0.4) is 0 Å². The molecule has 1 aromatic rings. The maximum absolute atomic E-state index is 12.6. The summed E-state index contributed by atoms with van der Waals surface area (Å²) < 4.78 is 6.98. The minimum Gasteiger partial charge on any atom is -0.361 e. The number of likely N-dealkylation sites (N-methyl/N-ethyl adjacent to an activating group) is 1. The van der Waals surface area contributed by atoms with E-state index in [1.807, 2.05) is 20.8 Å². The molecule has 0 N–H and O–H groups in total. The average molecular weight is 317 g/mol. The van der Waals surface area contributed by atoms with Crippen molar-refractivity contribution in [2.45, 2.75) is 40.5 Å². The fourth-order valence-corrected chi connectivity index (χ4v) is 2.22. The number of hydrogen-bond donors (Lipinski definition) is 0. The predicted molar refractivity (Wildman–Crippen MR) is 89.5 cm³/mol. The Morgan fingerprint density at radius 1 is 1.48 bits per heavy atom. The van der Waals surface area contributed by atoms with Crippen LogP contribution < -0.4 is 0 Å². The zero-order valence-corrected chi connectivity index (χ0v) is 14.4. The summed E-state index contributed by atoms with van der Waals surface area (Å²) in [5.41, 5.74) is 0.515. The summed E-state index contributed by atoms with van der Waals surface area (Å²) in [6.45, 7) is 8.37. The van der Waals surface area contributed by atoms with Crippen molar-refractivity contribution < 1.29 is 14.3 Å². The summed E-state index contributed by atoms with van der Waals surface area (Å²) in [4.78, 5) is 29.5. The third kappa shape index (κ3) is 5.06. The number of aromatic nitrogens is 2. The minimum absolute atomic E-state index is 0.124. The number of carbonyl (C=O) groups excluding carboxylic acids is 2. The SMILES string of the molecule is [B]C(=O)N(C)[C@H](/C=C(\C)C(=O)c1nccn1COCC)C(C)C. The van der Waals surface area contributed by atoms with E-state index >= 15 is 0 Å². The molecule has 0 spiro atoms. The van der Waals surface area contributed by atoms with Crippen LogP contribution in [-0.4, -0.2) is 53.6 Å². The lowest BCUT2D eigenvalue weighted by atomic mass is 9.96. The number of Topliss-reactive ketones (excluding diaryl/α,β-unsaturated/α-hetero) is 1. The Hall–Kier alpha value is -1.89. The first kappa shape index (κ1) is 19.2. The van der Waals surface area contributed by atoms with E-state index in [-0.39, 0.29) is 24.5 Å². The molecule has 2 radical (unpaired) electrons. The van der Waals surface area contributed by atoms with Crippen molar-refractivity contribution >= 4 is 19.4 Å². The third-order valence-corrected chi connectivity index (χ3v) is 3.61. The minimum atomic E-state index is -0.530. The Morgan fingerprint density at radius 2 is 2.13 bits per heavy atom. The van der Waals surface area contributed by atoms with E-state index in [0.29, 0.717) is 18.0 Å². The Balaban J connectivity index is 3.02. The van der Waals surface area contributed by atoms with E-state index in [1.165, 1.54) is 4.90 Å². The molecule has 0 aliphatic rings. The van der Waals surface area contributed by atoms with Crippen LogP contribution in [-0.2, 0) is 11.5 Å². The molecule has 0 fully saturated rings. The molecule has 1 amide bonds. The maximum Gasteiger partial charge on any atom is 0.223 e. The van der Waals surface area contributed by atoms with E-state index < -0.39 is 5.81 Å². The van der Waals surface area contributed by atoms with E-state index in [0.717, 1.165) is 0 Å². The van der Waals surface area contributed by atoms with Gasteiger partial charge in [-0.05, 0) is 25.3 Å². The van der Waals surface area contributed by atoms with Crippen LogP contribution in [0.4, 0.5) is 4.79 Å². The highest BCUT2D eigenvalue weighted by Gasteiger charge is 2.21. The Labute approximate surface area is 138 Å². The van der Waals surface area contributed by atoms with E-state index in [2.05, 4.69) is 4.98 Å². The first-order valence-corrected chi connectivity index (χ1v) is 7.63. The monoisotopic (exact) mass is 317 g/mol. The van der Waals surface area contributed by atoms with Crippen molar-refractivity contribution in [3.8, 4) is 0 Å². The van der Waals surface area contributed by atoms with E-state index in [1.54, 1.807) is 37.0 Å². The fourth-order valence-electron chi connectivity index (χ4n) is 2.22. The molecule has 0 aliphatic carbocycles. The van der Waals surface area contributed by atoms with Crippen molar-refractivity contribution in [1.29, 1.82) is 0 Å². The summed E-state index contributed by atoms with van der Waals surface area (Å²) in [5.74, 6) is -0.286. The molecule has 124 valence electrons. The van der Waals surface area contributed by atoms with Crippen LogP contribution in [0.5, 0.6) is 0 Å². The van der Waals surface area contributed by atoms with Gasteiger partial charge in [0.1, 0.15) is 6.73 Å². The molecular weight excluding hydrogens is 293 g/mol. The van der Waals surface area contributed by atoms with Gasteiger partial charge in [0.2, 0.25) is 13.6 Å². The number of ether oxygens (including phenoxy) is 1. The lowest BCUT2D eigenvalue weighted by Gasteiger charge is -2.29. The van der Waals surface area contributed by atoms with Gasteiger partial charge in [0, 0.05) is 26.0 Å². The molecule has 7 heteroatoms. The van der Waals surface area contributed by atoms with Gasteiger partial charge in [-0.2, -0.15) is 0 Å². The van der Waals surface area contributed by atoms with Crippen LogP contribution in [0.25, 0.3) is 0 Å². The highest BCUT2D eigenvalue weighted by Crippen LogP contribution is 2.15. The second-order valence-electron chi connectivity index (χ2n) is 5.71. The fraction of sp³-hybridized carbons (Fsp3) is 0.562. The molecule has 0 bridgehead atoms. The normalized spacial score (nSPS) is 13.2. The van der Waals surface area contributed by atoms with Crippen molar-refractivity contribution in [3.63, 3.8) is 0 Å². The van der Waals surface area contributed by atoms with Gasteiger partial charge < -0.3 is 14.2 Å². The summed E-state index contributed by atoms with van der Waals surface area (Å²) in [7, 11) is 6.96. The lowest BCUT2D eigenvalue weighted by molar-refractivity contribution is 0.0815. The van der Waals surface area contributed by atoms with Gasteiger partial charge in [0.25, 0.3) is 0 Å². The van der Waals surface area contributed by atoms with Gasteiger partial charge in [-0.15, -0.1) is 0 Å². The van der Waals surface area contributed by atoms with Crippen molar-refractivity contribution in [1.82, 2.24) is 14.5 Å². The zero-order valence-electron chi connectivity index (χ0n) is 14.4. The highest BCUT2D eigenvalue weighted by molar-refractivity contribution is 6.56. The first-order chi connectivity index (χ1) is 10.8. The second-order valence-corrected chi connectivity index (χ2v) is 5.71. The number of imidazole rings is 1. The lowest BCUT2D eigenvalue weighted by Crippen LogP contribution is -2.39. The van der Waals surface area contributed by atoms with Crippen LogP contribution in [0.1, 0.15) is 38.3 Å². The summed E-state index contributed by atoms with van der Waals surface area (Å²) in [5, 5.41) is 0. The highest BCUT2D eigenvalue weighted by atomic mass is 16.5. The molecule has 1 atom stereocenters. The predicted octanol–water partition coefficient (Wildman–Crippen LogP) is 2.25. The van der Waals surface area contributed by atoms with Crippen LogP contribution in [0.2, 0.25) is 0 Å². The van der Waals surface area contributed by atoms with Crippen LogP contribution >= 0.6 is 0 Å². The molecule has 6 nitrogen and oxygen atoms in total. The molecule has 1 rings (SSSR count). The van der Waals surface area contributed by atoms with E-state index in [9.17, 15) is 9.59 Å². The Morgan fingerprint density at radius 3 is 2.65 bits per heavy atom. The first-order valence-electron chi connectivity index (χ1n) is 7.63. The molecule has 0 saturated heterocycles. The standard InChI is InChI=1S/C16H24BN3O3/c1-6-23-10-20-8-7-18-15(20)14(21)12(4)9-13(11(2)3)19(5)16(17)22/h7-9,11,13H,6,10H2,1-5H3/b12-9+/t13-/m1/s1. The number of allylic oxidation sites excluding steroid dienone is 1. The zero-order chi connectivity index (χ0) is 17.6. The number of carbonyl (C=O) groups is 2. The van der Waals surface area contributed by atoms with E-state index in [4.69, 9.17) is 12.6 Å². The smallest absolute Gasteiger partial charge is 0.223 e. The summed E-state index contributed by atoms with van der Waals surface area (Å²) >= 11 is 0. The number of amides is 1. The molecule has 1 aromatic heterocycles. The second kappa shape index (κ2) is 8.67. The molecule has 0 aliphatic heterocycles. The maximum atomic E-state index is 12.6. The molecule has 0 aromatic carbocycles. The molecule has 23 heavy (non-hydrogen) atoms. The Bertz CT molecular complexity index is 581. The van der Waals surface area contributed by atoms with Gasteiger partial charge in [-0.3, -0.25) is 9.59 Å². The van der Waals surface area contributed by atoms with Gasteiger partial charge in [-0.25, -0.2) is 4.98 Å². The van der Waals surface area contributed by atoms with Crippen LogP contribution in [0, 0.1) is 5.92 Å². The van der Waals surface area contributed by atoms with Crippen molar-refractivity contribution in [2.75, 3.05) is 13.7 Å². The largest absolute Gasteiger partial charge is 0.361 e. The van der Waals surface area contributed by atoms with Crippen molar-refractivity contribution in [3.05, 3.63) is 29.9 Å². The molecule has 0 unspecified atom stereocenters. The molecular formula is C16H24BN3O3. The van der Waals surface area contributed by atoms with Gasteiger partial charge in [0.05, 0.1) is 6.04 Å². The van der Waals surface area contributed by atoms with Gasteiger partial charge in [0.15, 0.2) is 11.6 Å². The number of ketones is 1. The number of hydrogen-bond acceptors (Lipinski definition) is 4. The topological polar surface area (TPSA) is 64.4 Å². The quantitative estimate of drug-likeness (QED) is 0.419. The third-order valence-electron chi connectivity index (χ3n) is 3.61. The number of nitrogens with zero attached hydrogens (tertiary/aromatic N) is 3. The average Bonchev–Trinajstić information content (AvgIpc) is 2.96.